The molecule has 0 nitrogen and oxygen atoms in total. The number of hydrogen-bond donors (Lipinski definition) is 0. The maximum atomic E-state index is 2.46. The molecule has 0 amide bonds. The van der Waals surface area contributed by atoms with Crippen LogP contribution in [0.4, 0.5) is 0 Å². The van der Waals surface area contributed by atoms with E-state index in [1.807, 2.05) is 0 Å². The number of hydrogen-bond acceptors (Lipinski definition) is 0. The first-order valence-electron chi connectivity index (χ1n) is 2.12. The quantitative estimate of drug-likeness (QED) is 0.374. The molecule has 0 saturated heterocycles. The average molecular weight is 240 g/mol. The summed E-state index contributed by atoms with van der Waals surface area (Å²) in [5.41, 5.74) is 0. The van der Waals surface area contributed by atoms with Crippen molar-refractivity contribution in [1.82, 2.24) is 0 Å². The van der Waals surface area contributed by atoms with E-state index in [0.29, 0.717) is 0 Å². The molecule has 0 aliphatic heterocycles. The van der Waals surface area contributed by atoms with Gasteiger partial charge in [0.05, 0.1) is 8.07 Å². The predicted molar refractivity (Wildman–Crippen MR) is 50.2 cm³/mol. The Morgan fingerprint density at radius 2 is 1.57 bits per heavy atom. The van der Waals surface area contributed by atoms with Crippen molar-refractivity contribution in [3.05, 3.63) is 0 Å². The topological polar surface area (TPSA) is 0 Å². The minimum atomic E-state index is -0.645. The standard InChI is InChI=1S/C4H11ISi.Mg.2H/c1-6(2,3)4-5;;;/h4H2,1-3H3;;;/q;+2;2*-1. The molecule has 0 heterocycles. The molecule has 7 heavy (non-hydrogen) atoms. The van der Waals surface area contributed by atoms with Crippen molar-refractivity contribution in [1.29, 1.82) is 0 Å². The van der Waals surface area contributed by atoms with Crippen LogP contribution in [0.2, 0.25) is 19.6 Å². The third kappa shape index (κ3) is 11.3. The Kier molecular flexibility index (Phi) is 7.52. The molecular formula is C4H13IMgSi. The normalized spacial score (nSPS) is 10.3. The van der Waals surface area contributed by atoms with Crippen molar-refractivity contribution in [3.63, 3.8) is 0 Å². The summed E-state index contributed by atoms with van der Waals surface area (Å²) in [7, 11) is -0.645. The van der Waals surface area contributed by atoms with Crippen LogP contribution in [-0.4, -0.2) is 35.2 Å². The van der Waals surface area contributed by atoms with Gasteiger partial charge in [0.25, 0.3) is 0 Å². The van der Waals surface area contributed by atoms with Crippen molar-refractivity contribution >= 4 is 53.7 Å². The van der Waals surface area contributed by atoms with Crippen LogP contribution >= 0.6 is 22.6 Å². The van der Waals surface area contributed by atoms with Crippen molar-refractivity contribution in [2.24, 2.45) is 0 Å². The van der Waals surface area contributed by atoms with Crippen LogP contribution in [0.1, 0.15) is 2.85 Å². The van der Waals surface area contributed by atoms with Gasteiger partial charge < -0.3 is 2.85 Å². The van der Waals surface area contributed by atoms with Crippen LogP contribution in [-0.2, 0) is 0 Å². The molecule has 0 fully saturated rings. The third-order valence-corrected chi connectivity index (χ3v) is 8.07. The van der Waals surface area contributed by atoms with E-state index in [1.165, 1.54) is 4.05 Å². The molecule has 0 aromatic rings. The number of rotatable bonds is 1. The Hall–Kier alpha value is 1.71. The smallest absolute Gasteiger partial charge is 1.00 e. The first-order valence-corrected chi connectivity index (χ1v) is 7.35. The van der Waals surface area contributed by atoms with Gasteiger partial charge in [0.15, 0.2) is 0 Å². The number of alkyl halides is 1. The van der Waals surface area contributed by atoms with Crippen LogP contribution in [0.25, 0.3) is 0 Å². The molecule has 0 atom stereocenters. The SMILES string of the molecule is C[Si](C)(C)CI.[H-].[H-].[Mg+2]. The maximum Gasteiger partial charge on any atom is 2.00 e. The molecule has 0 aromatic heterocycles. The van der Waals surface area contributed by atoms with E-state index in [0.717, 1.165) is 0 Å². The first-order chi connectivity index (χ1) is 2.56. The van der Waals surface area contributed by atoms with Crippen LogP contribution in [0.15, 0.2) is 0 Å². The zero-order valence-corrected chi connectivity index (χ0v) is 9.86. The Balaban J connectivity index is -0.0000000417. The molecular weight excluding hydrogens is 227 g/mol. The maximum absolute atomic E-state index is 2.46. The van der Waals surface area contributed by atoms with Crippen molar-refractivity contribution in [2.75, 3.05) is 4.05 Å². The fraction of sp³-hybridized carbons (Fsp3) is 1.00. The summed E-state index contributed by atoms with van der Waals surface area (Å²) in [6.07, 6.45) is 0. The molecule has 0 saturated carbocycles. The van der Waals surface area contributed by atoms with E-state index in [9.17, 15) is 0 Å². The molecule has 0 radical (unpaired) electrons. The molecule has 0 spiro atoms. The zero-order valence-electron chi connectivity index (χ0n) is 7.29. The van der Waals surface area contributed by atoms with Gasteiger partial charge in [0.1, 0.15) is 0 Å². The minimum absolute atomic E-state index is 0. The Morgan fingerprint density at radius 1 is 1.43 bits per heavy atom. The van der Waals surface area contributed by atoms with Gasteiger partial charge in [-0.1, -0.05) is 42.2 Å². The van der Waals surface area contributed by atoms with Gasteiger partial charge in [-0.15, -0.1) is 0 Å². The first kappa shape index (κ1) is 11.5. The fourth-order valence-electron chi connectivity index (χ4n) is 0. The summed E-state index contributed by atoms with van der Waals surface area (Å²) in [5.74, 6) is 0. The van der Waals surface area contributed by atoms with Crippen LogP contribution < -0.4 is 0 Å². The van der Waals surface area contributed by atoms with Crippen LogP contribution in [0.5, 0.6) is 0 Å². The van der Waals surface area contributed by atoms with Gasteiger partial charge in [0, 0.05) is 0 Å². The monoisotopic (exact) mass is 240 g/mol. The van der Waals surface area contributed by atoms with Gasteiger partial charge >= 0.3 is 23.1 Å². The Bertz CT molecular complexity index is 48.3. The third-order valence-electron chi connectivity index (χ3n) is 0.401. The molecule has 0 unspecified atom stereocenters. The second-order valence-corrected chi connectivity index (χ2v) is 10.4. The molecule has 0 rings (SSSR count). The summed E-state index contributed by atoms with van der Waals surface area (Å²) < 4.78 is 1.38. The summed E-state index contributed by atoms with van der Waals surface area (Å²) in [6, 6.07) is 0. The summed E-state index contributed by atoms with van der Waals surface area (Å²) >= 11 is 2.46. The average Bonchev–Trinajstić information content (AvgIpc) is 1.35. The largest absolute Gasteiger partial charge is 2.00 e. The zero-order chi connectivity index (χ0) is 5.21. The van der Waals surface area contributed by atoms with Crippen LogP contribution in [0, 0.1) is 0 Å². The second kappa shape index (κ2) is 4.58. The fourth-order valence-corrected chi connectivity index (χ4v) is 0. The Labute approximate surface area is 79.7 Å². The molecule has 0 aliphatic rings. The number of halogens is 1. The van der Waals surface area contributed by atoms with Crippen LogP contribution in [0.3, 0.4) is 0 Å². The van der Waals surface area contributed by atoms with E-state index < -0.39 is 8.07 Å². The van der Waals surface area contributed by atoms with Gasteiger partial charge in [-0.3, -0.25) is 0 Å². The summed E-state index contributed by atoms with van der Waals surface area (Å²) in [4.78, 5) is 0. The van der Waals surface area contributed by atoms with E-state index in [4.69, 9.17) is 0 Å². The predicted octanol–water partition coefficient (Wildman–Crippen LogP) is 2.14. The molecule has 0 aliphatic carbocycles. The van der Waals surface area contributed by atoms with Crippen molar-refractivity contribution in [3.8, 4) is 0 Å². The molecule has 3 heteroatoms. The van der Waals surface area contributed by atoms with Crippen molar-refractivity contribution in [2.45, 2.75) is 19.6 Å². The summed E-state index contributed by atoms with van der Waals surface area (Å²) in [5, 5.41) is 0. The van der Waals surface area contributed by atoms with E-state index >= 15 is 0 Å². The van der Waals surface area contributed by atoms with Crippen molar-refractivity contribution < 1.29 is 2.85 Å². The molecule has 42 valence electrons. The molecule has 0 aromatic carbocycles. The van der Waals surface area contributed by atoms with E-state index in [1.54, 1.807) is 0 Å². The van der Waals surface area contributed by atoms with Gasteiger partial charge in [0.2, 0.25) is 0 Å². The molecule has 0 bridgehead atoms. The summed E-state index contributed by atoms with van der Waals surface area (Å²) in [6.45, 7) is 7.12. The molecule has 0 N–H and O–H groups in total. The van der Waals surface area contributed by atoms with E-state index in [2.05, 4.69) is 42.2 Å². The Morgan fingerprint density at radius 3 is 1.57 bits per heavy atom. The van der Waals surface area contributed by atoms with Gasteiger partial charge in [-0.25, -0.2) is 0 Å². The van der Waals surface area contributed by atoms with Gasteiger partial charge in [-0.2, -0.15) is 0 Å². The van der Waals surface area contributed by atoms with E-state index in [-0.39, 0.29) is 25.9 Å². The second-order valence-electron chi connectivity index (χ2n) is 2.69. The van der Waals surface area contributed by atoms with Gasteiger partial charge in [-0.05, 0) is 4.05 Å². The minimum Gasteiger partial charge on any atom is -1.00 e.